The number of ether oxygens (including phenoxy) is 1. The maximum Gasteiger partial charge on any atom is 0.334 e. The van der Waals surface area contributed by atoms with Crippen LogP contribution in [0.3, 0.4) is 0 Å². The predicted molar refractivity (Wildman–Crippen MR) is 74.5 cm³/mol. The molecule has 19 heavy (non-hydrogen) atoms. The van der Waals surface area contributed by atoms with Gasteiger partial charge in [-0.1, -0.05) is 24.3 Å². The Hall–Kier alpha value is -1.51. The molecule has 0 aromatic carbocycles. The summed E-state index contributed by atoms with van der Waals surface area (Å²) < 4.78 is 4.71. The third-order valence-corrected chi connectivity index (χ3v) is 4.22. The van der Waals surface area contributed by atoms with Gasteiger partial charge in [-0.25, -0.2) is 4.79 Å². The van der Waals surface area contributed by atoms with E-state index in [1.54, 1.807) is 6.92 Å². The minimum Gasteiger partial charge on any atom is -0.501 e. The number of carbonyl (C=O) groups is 1. The van der Waals surface area contributed by atoms with Crippen molar-refractivity contribution in [2.75, 3.05) is 6.61 Å². The van der Waals surface area contributed by atoms with Crippen LogP contribution in [-0.4, -0.2) is 17.7 Å². The molecule has 0 aromatic heterocycles. The Morgan fingerprint density at radius 2 is 2.11 bits per heavy atom. The number of hydrogen-bond acceptors (Lipinski definition) is 2. The zero-order valence-corrected chi connectivity index (χ0v) is 11.6. The zero-order valence-electron chi connectivity index (χ0n) is 11.6. The average Bonchev–Trinajstić information content (AvgIpc) is 3.08. The summed E-state index contributed by atoms with van der Waals surface area (Å²) in [7, 11) is 0. The lowest BCUT2D eigenvalue weighted by molar-refractivity contribution is -0.132. The van der Waals surface area contributed by atoms with Gasteiger partial charge in [0.1, 0.15) is 0 Å². The summed E-state index contributed by atoms with van der Waals surface area (Å²) in [6, 6.07) is 0. The largest absolute Gasteiger partial charge is 0.501 e. The number of aliphatic carboxylic acids is 1. The molecule has 3 aliphatic rings. The lowest BCUT2D eigenvalue weighted by Crippen LogP contribution is -2.12. The van der Waals surface area contributed by atoms with Crippen molar-refractivity contribution in [1.82, 2.24) is 0 Å². The van der Waals surface area contributed by atoms with Gasteiger partial charge in [0.25, 0.3) is 0 Å². The van der Waals surface area contributed by atoms with Crippen molar-refractivity contribution >= 4 is 5.97 Å². The molecule has 0 spiro atoms. The van der Waals surface area contributed by atoms with E-state index in [0.717, 1.165) is 23.7 Å². The summed E-state index contributed by atoms with van der Waals surface area (Å²) in [6.45, 7) is 3.79. The summed E-state index contributed by atoms with van der Waals surface area (Å²) >= 11 is 0. The van der Waals surface area contributed by atoms with Gasteiger partial charge in [-0.15, -0.1) is 0 Å². The number of rotatable bonds is 3. The van der Waals surface area contributed by atoms with E-state index in [-0.39, 0.29) is 5.57 Å². The highest BCUT2D eigenvalue weighted by atomic mass is 16.5. The van der Waals surface area contributed by atoms with Crippen LogP contribution in [0.5, 0.6) is 0 Å². The van der Waals surface area contributed by atoms with Crippen molar-refractivity contribution in [3.05, 3.63) is 36.1 Å². The number of carboxylic acids is 1. The highest BCUT2D eigenvalue weighted by Crippen LogP contribution is 2.52. The second-order valence-corrected chi connectivity index (χ2v) is 5.41. The lowest BCUT2D eigenvalue weighted by Gasteiger charge is -2.18. The molecule has 0 heterocycles. The molecule has 0 saturated heterocycles. The number of allylic oxidation sites excluding steroid dienone is 4. The molecule has 0 radical (unpaired) electrons. The quantitative estimate of drug-likeness (QED) is 0.482. The van der Waals surface area contributed by atoms with Crippen molar-refractivity contribution in [2.45, 2.75) is 26.7 Å². The Morgan fingerprint density at radius 1 is 1.37 bits per heavy atom. The maximum absolute atomic E-state index is 10.1. The van der Waals surface area contributed by atoms with Crippen LogP contribution in [0, 0.1) is 23.7 Å². The first-order valence-corrected chi connectivity index (χ1v) is 7.00. The Bertz CT molecular complexity index is 420. The third-order valence-electron chi connectivity index (χ3n) is 4.22. The van der Waals surface area contributed by atoms with E-state index in [1.165, 1.54) is 26.0 Å². The number of carboxylic acid groups (broad SMARTS) is 1. The molecule has 1 saturated carbocycles. The molecule has 3 aliphatic carbocycles. The molecule has 2 bridgehead atoms. The first kappa shape index (κ1) is 13.9. The van der Waals surface area contributed by atoms with Crippen LogP contribution in [0.4, 0.5) is 0 Å². The second-order valence-electron chi connectivity index (χ2n) is 5.41. The van der Waals surface area contributed by atoms with Crippen molar-refractivity contribution in [2.24, 2.45) is 23.7 Å². The van der Waals surface area contributed by atoms with Crippen LogP contribution in [0.15, 0.2) is 36.1 Å². The fourth-order valence-electron chi connectivity index (χ4n) is 3.23. The first-order valence-electron chi connectivity index (χ1n) is 7.00. The van der Waals surface area contributed by atoms with E-state index in [2.05, 4.69) is 24.3 Å². The van der Waals surface area contributed by atoms with Gasteiger partial charge in [0.2, 0.25) is 0 Å². The molecule has 3 heteroatoms. The highest BCUT2D eigenvalue weighted by Gasteiger charge is 2.44. The lowest BCUT2D eigenvalue weighted by atomic mass is 9.86. The fourth-order valence-corrected chi connectivity index (χ4v) is 3.23. The molecule has 3 nitrogen and oxygen atoms in total. The van der Waals surface area contributed by atoms with Crippen molar-refractivity contribution in [1.29, 1.82) is 0 Å². The normalized spacial score (nSPS) is 33.9. The first-order chi connectivity index (χ1) is 9.13. The molecular weight excluding hydrogens is 240 g/mol. The van der Waals surface area contributed by atoms with Crippen LogP contribution < -0.4 is 0 Å². The van der Waals surface area contributed by atoms with Crippen molar-refractivity contribution in [3.63, 3.8) is 0 Å². The second kappa shape index (κ2) is 6.09. The van der Waals surface area contributed by atoms with Crippen LogP contribution in [0.25, 0.3) is 0 Å². The van der Waals surface area contributed by atoms with E-state index in [9.17, 15) is 4.79 Å². The molecule has 3 rings (SSSR count). The SMILES string of the molecule is C1=CC2C3C=CC(C3)C2C1.CCOC=C(C)C(=O)O. The van der Waals surface area contributed by atoms with Gasteiger partial charge in [0.05, 0.1) is 18.4 Å². The highest BCUT2D eigenvalue weighted by molar-refractivity contribution is 5.85. The van der Waals surface area contributed by atoms with E-state index >= 15 is 0 Å². The minimum absolute atomic E-state index is 0.219. The Balaban J connectivity index is 0.000000142. The molecule has 1 fully saturated rings. The van der Waals surface area contributed by atoms with E-state index < -0.39 is 5.97 Å². The van der Waals surface area contributed by atoms with Crippen LogP contribution in [0.2, 0.25) is 0 Å². The standard InChI is InChI=1S/C10H12.C6H10O3/c1-2-9-7-4-5-8(6-7)10(9)3-1;1-3-9-4-5(2)6(7)8/h1-2,4-5,7-10H,3,6H2;4H,3H2,1-2H3,(H,7,8). The molecule has 4 unspecified atom stereocenters. The Labute approximate surface area is 114 Å². The molecular formula is C16H22O3. The number of fused-ring (bicyclic) bond motifs is 5. The van der Waals surface area contributed by atoms with Crippen molar-refractivity contribution in [3.8, 4) is 0 Å². The topological polar surface area (TPSA) is 46.5 Å². The van der Waals surface area contributed by atoms with Gasteiger partial charge in [-0.2, -0.15) is 0 Å². The third kappa shape index (κ3) is 3.09. The zero-order chi connectivity index (χ0) is 13.8. The van der Waals surface area contributed by atoms with Gasteiger partial charge in [0, 0.05) is 0 Å². The summed E-state index contributed by atoms with van der Waals surface area (Å²) in [5.74, 6) is 2.88. The summed E-state index contributed by atoms with van der Waals surface area (Å²) in [5, 5.41) is 8.26. The summed E-state index contributed by atoms with van der Waals surface area (Å²) in [4.78, 5) is 10.1. The predicted octanol–water partition coefficient (Wildman–Crippen LogP) is 3.40. The van der Waals surface area contributed by atoms with Gasteiger partial charge in [0.15, 0.2) is 0 Å². The summed E-state index contributed by atoms with van der Waals surface area (Å²) in [5.41, 5.74) is 0.219. The molecule has 104 valence electrons. The maximum atomic E-state index is 10.1. The van der Waals surface area contributed by atoms with Gasteiger partial charge in [-0.05, 0) is 50.4 Å². The van der Waals surface area contributed by atoms with Crippen LogP contribution in [-0.2, 0) is 9.53 Å². The van der Waals surface area contributed by atoms with E-state index in [1.807, 2.05) is 0 Å². The van der Waals surface area contributed by atoms with Gasteiger partial charge >= 0.3 is 5.97 Å². The van der Waals surface area contributed by atoms with Crippen LogP contribution >= 0.6 is 0 Å². The van der Waals surface area contributed by atoms with E-state index in [0.29, 0.717) is 6.61 Å². The molecule has 0 amide bonds. The van der Waals surface area contributed by atoms with Gasteiger partial charge in [-0.3, -0.25) is 0 Å². The van der Waals surface area contributed by atoms with E-state index in [4.69, 9.17) is 9.84 Å². The fraction of sp³-hybridized carbons (Fsp3) is 0.562. The molecule has 1 N–H and O–H groups in total. The molecule has 4 atom stereocenters. The minimum atomic E-state index is -0.941. The summed E-state index contributed by atoms with van der Waals surface area (Å²) in [6.07, 6.45) is 13.7. The monoisotopic (exact) mass is 262 g/mol. The van der Waals surface area contributed by atoms with Crippen molar-refractivity contribution < 1.29 is 14.6 Å². The number of hydrogen-bond donors (Lipinski definition) is 1. The average molecular weight is 262 g/mol. The molecule has 0 aromatic rings. The van der Waals surface area contributed by atoms with Gasteiger partial charge < -0.3 is 9.84 Å². The Morgan fingerprint density at radius 3 is 2.74 bits per heavy atom. The Kier molecular flexibility index (Phi) is 4.46. The molecule has 0 aliphatic heterocycles. The van der Waals surface area contributed by atoms with Crippen LogP contribution in [0.1, 0.15) is 26.7 Å². The smallest absolute Gasteiger partial charge is 0.334 e.